The zero-order chi connectivity index (χ0) is 22.2. The number of nitrogens with zero attached hydrogens (tertiary/aromatic N) is 6. The van der Waals surface area contributed by atoms with Crippen LogP contribution in [0.25, 0.3) is 16.6 Å². The monoisotopic (exact) mass is 454 g/mol. The van der Waals surface area contributed by atoms with Crippen molar-refractivity contribution in [2.45, 2.75) is 10.2 Å². The molecule has 4 aromatic rings. The smallest absolute Gasteiger partial charge is 0.220 e. The molecule has 10 nitrogen and oxygen atoms in total. The number of rotatable bonds is 11. The van der Waals surface area contributed by atoms with Crippen LogP contribution in [0, 0.1) is 0 Å². The standard InChI is InChI=1S/C21H22N6O4S/c1-28-8-10-30-18-12-16-17(13-19(18)31-11-9-29-2)22-14-23-20(16)32-21-24-25-26-27(21)15-6-4-3-5-7-15/h3-7,12-14H,8-11H2,1-2H3. The van der Waals surface area contributed by atoms with Gasteiger partial charge in [-0.3, -0.25) is 0 Å². The molecule has 4 rings (SSSR count). The van der Waals surface area contributed by atoms with Crippen molar-refractivity contribution >= 4 is 22.7 Å². The number of hydrogen-bond donors (Lipinski definition) is 0. The summed E-state index contributed by atoms with van der Waals surface area (Å²) in [5.41, 5.74) is 1.57. The predicted octanol–water partition coefficient (Wildman–Crippen LogP) is 2.81. The Balaban J connectivity index is 1.68. The van der Waals surface area contributed by atoms with Gasteiger partial charge in [0.2, 0.25) is 5.16 Å². The maximum atomic E-state index is 5.90. The Hall–Kier alpha value is -3.28. The minimum absolute atomic E-state index is 0.380. The second kappa shape index (κ2) is 10.8. The molecule has 32 heavy (non-hydrogen) atoms. The van der Waals surface area contributed by atoms with Gasteiger partial charge in [-0.25, -0.2) is 9.97 Å². The van der Waals surface area contributed by atoms with Gasteiger partial charge in [-0.15, -0.1) is 5.10 Å². The van der Waals surface area contributed by atoms with Crippen molar-refractivity contribution in [3.63, 3.8) is 0 Å². The van der Waals surface area contributed by atoms with Gasteiger partial charge in [-0.1, -0.05) is 18.2 Å². The van der Waals surface area contributed by atoms with Crippen molar-refractivity contribution < 1.29 is 18.9 Å². The molecule has 0 aliphatic rings. The summed E-state index contributed by atoms with van der Waals surface area (Å²) in [6.07, 6.45) is 1.51. The van der Waals surface area contributed by atoms with E-state index in [1.165, 1.54) is 18.1 Å². The van der Waals surface area contributed by atoms with Gasteiger partial charge in [0.1, 0.15) is 24.6 Å². The highest BCUT2D eigenvalue weighted by molar-refractivity contribution is 7.99. The van der Waals surface area contributed by atoms with Crippen LogP contribution in [0.15, 0.2) is 59.0 Å². The molecule has 0 amide bonds. The summed E-state index contributed by atoms with van der Waals surface area (Å²) in [4.78, 5) is 8.86. The predicted molar refractivity (Wildman–Crippen MR) is 118 cm³/mol. The molecule has 0 spiro atoms. The lowest BCUT2D eigenvalue weighted by molar-refractivity contribution is 0.132. The number of ether oxygens (including phenoxy) is 4. The third-order valence-corrected chi connectivity index (χ3v) is 5.34. The Kier molecular flexibility index (Phi) is 7.43. The molecule has 0 saturated carbocycles. The summed E-state index contributed by atoms with van der Waals surface area (Å²) in [7, 11) is 3.25. The number of tetrazole rings is 1. The van der Waals surface area contributed by atoms with Crippen LogP contribution in [0.1, 0.15) is 0 Å². The zero-order valence-corrected chi connectivity index (χ0v) is 18.5. The fourth-order valence-electron chi connectivity index (χ4n) is 2.88. The minimum Gasteiger partial charge on any atom is -0.487 e. The summed E-state index contributed by atoms with van der Waals surface area (Å²) in [5.74, 6) is 1.15. The van der Waals surface area contributed by atoms with Crippen LogP contribution in [-0.4, -0.2) is 70.8 Å². The molecular weight excluding hydrogens is 432 g/mol. The molecule has 11 heteroatoms. The van der Waals surface area contributed by atoms with Crippen LogP contribution < -0.4 is 9.47 Å². The summed E-state index contributed by atoms with van der Waals surface area (Å²) in [5, 5.41) is 14.2. The van der Waals surface area contributed by atoms with Crippen LogP contribution in [0.4, 0.5) is 0 Å². The first-order valence-electron chi connectivity index (χ1n) is 9.84. The molecule has 0 aliphatic heterocycles. The number of benzene rings is 2. The van der Waals surface area contributed by atoms with E-state index in [9.17, 15) is 0 Å². The van der Waals surface area contributed by atoms with E-state index >= 15 is 0 Å². The average molecular weight is 455 g/mol. The molecule has 0 aliphatic carbocycles. The van der Waals surface area contributed by atoms with Crippen LogP contribution in [0.3, 0.4) is 0 Å². The van der Waals surface area contributed by atoms with Crippen molar-refractivity contribution in [3.05, 3.63) is 48.8 Å². The van der Waals surface area contributed by atoms with E-state index in [0.717, 1.165) is 11.1 Å². The van der Waals surface area contributed by atoms with Gasteiger partial charge >= 0.3 is 0 Å². The topological polar surface area (TPSA) is 106 Å². The van der Waals surface area contributed by atoms with Crippen molar-refractivity contribution in [2.24, 2.45) is 0 Å². The van der Waals surface area contributed by atoms with Gasteiger partial charge in [-0.2, -0.15) is 4.68 Å². The summed E-state index contributed by atoms with van der Waals surface area (Å²) in [6.45, 7) is 1.68. The lowest BCUT2D eigenvalue weighted by Gasteiger charge is -2.14. The lowest BCUT2D eigenvalue weighted by Crippen LogP contribution is -2.09. The molecule has 0 fully saturated rings. The van der Waals surface area contributed by atoms with Crippen molar-refractivity contribution in [1.82, 2.24) is 30.2 Å². The van der Waals surface area contributed by atoms with Crippen LogP contribution in [-0.2, 0) is 9.47 Å². The van der Waals surface area contributed by atoms with Gasteiger partial charge < -0.3 is 18.9 Å². The first-order chi connectivity index (χ1) is 15.8. The zero-order valence-electron chi connectivity index (χ0n) is 17.7. The molecule has 0 atom stereocenters. The Morgan fingerprint density at radius 2 is 1.59 bits per heavy atom. The SMILES string of the molecule is COCCOc1cc2ncnc(Sc3nnnn3-c3ccccc3)c2cc1OCCOC. The van der Waals surface area contributed by atoms with Gasteiger partial charge in [0.15, 0.2) is 11.5 Å². The van der Waals surface area contributed by atoms with E-state index in [1.807, 2.05) is 42.5 Å². The molecule has 166 valence electrons. The largest absolute Gasteiger partial charge is 0.487 e. The van der Waals surface area contributed by atoms with E-state index in [4.69, 9.17) is 18.9 Å². The molecule has 0 bridgehead atoms. The lowest BCUT2D eigenvalue weighted by atomic mass is 10.2. The van der Waals surface area contributed by atoms with Gasteiger partial charge in [-0.05, 0) is 40.4 Å². The molecule has 2 heterocycles. The van der Waals surface area contributed by atoms with E-state index in [-0.39, 0.29) is 0 Å². The highest BCUT2D eigenvalue weighted by Crippen LogP contribution is 2.37. The van der Waals surface area contributed by atoms with E-state index in [0.29, 0.717) is 53.6 Å². The molecule has 2 aromatic heterocycles. The van der Waals surface area contributed by atoms with Crippen LogP contribution >= 0.6 is 11.8 Å². The number of methoxy groups -OCH3 is 2. The Morgan fingerprint density at radius 3 is 2.31 bits per heavy atom. The Morgan fingerprint density at radius 1 is 0.875 bits per heavy atom. The summed E-state index contributed by atoms with van der Waals surface area (Å²) < 4.78 is 23.6. The molecule has 0 unspecified atom stereocenters. The first kappa shape index (κ1) is 21.9. The van der Waals surface area contributed by atoms with Crippen molar-refractivity contribution in [3.8, 4) is 17.2 Å². The quantitative estimate of drug-likeness (QED) is 0.248. The number of hydrogen-bond acceptors (Lipinski definition) is 10. The third kappa shape index (κ3) is 5.13. The number of fused-ring (bicyclic) bond motifs is 1. The van der Waals surface area contributed by atoms with Gasteiger partial charge in [0.25, 0.3) is 0 Å². The molecule has 0 saturated heterocycles. The average Bonchev–Trinajstić information content (AvgIpc) is 3.28. The molecule has 0 N–H and O–H groups in total. The Labute approximate surface area is 188 Å². The summed E-state index contributed by atoms with van der Waals surface area (Å²) in [6, 6.07) is 13.4. The van der Waals surface area contributed by atoms with Crippen LogP contribution in [0.2, 0.25) is 0 Å². The Bertz CT molecular complexity index is 1160. The molecule has 2 aromatic carbocycles. The summed E-state index contributed by atoms with van der Waals surface area (Å²) >= 11 is 1.34. The van der Waals surface area contributed by atoms with Gasteiger partial charge in [0, 0.05) is 25.7 Å². The minimum atomic E-state index is 0.380. The maximum absolute atomic E-state index is 5.90. The van der Waals surface area contributed by atoms with Gasteiger partial charge in [0.05, 0.1) is 24.4 Å². The second-order valence-corrected chi connectivity index (χ2v) is 7.44. The second-order valence-electron chi connectivity index (χ2n) is 6.49. The normalized spacial score (nSPS) is 11.1. The van der Waals surface area contributed by atoms with E-state index < -0.39 is 0 Å². The number of para-hydroxylation sites is 1. The molecule has 0 radical (unpaired) electrons. The van der Waals surface area contributed by atoms with Crippen LogP contribution in [0.5, 0.6) is 11.5 Å². The number of aromatic nitrogens is 6. The molecular formula is C21H22N6O4S. The van der Waals surface area contributed by atoms with E-state index in [1.54, 1.807) is 18.9 Å². The first-order valence-corrected chi connectivity index (χ1v) is 10.7. The fraction of sp³-hybridized carbons (Fsp3) is 0.286. The fourth-order valence-corrected chi connectivity index (χ4v) is 3.73. The van der Waals surface area contributed by atoms with Crippen molar-refractivity contribution in [1.29, 1.82) is 0 Å². The maximum Gasteiger partial charge on any atom is 0.220 e. The third-order valence-electron chi connectivity index (χ3n) is 4.38. The van der Waals surface area contributed by atoms with E-state index in [2.05, 4.69) is 25.5 Å². The highest BCUT2D eigenvalue weighted by Gasteiger charge is 2.16. The highest BCUT2D eigenvalue weighted by atomic mass is 32.2. The van der Waals surface area contributed by atoms with Crippen molar-refractivity contribution in [2.75, 3.05) is 40.6 Å².